The van der Waals surface area contributed by atoms with Gasteiger partial charge in [0.25, 0.3) is 0 Å². The molecule has 6 nitrogen and oxygen atoms in total. The van der Waals surface area contributed by atoms with E-state index >= 15 is 0 Å². The van der Waals surface area contributed by atoms with Crippen LogP contribution in [0.25, 0.3) is 0 Å². The first-order valence-corrected chi connectivity index (χ1v) is 7.45. The van der Waals surface area contributed by atoms with Gasteiger partial charge in [-0.25, -0.2) is 0 Å². The number of carbonyl (C=O) groups is 2. The number of nitrogens with one attached hydrogen (secondary N) is 2. The topological polar surface area (TPSA) is 76.7 Å². The predicted molar refractivity (Wildman–Crippen MR) is 91.1 cm³/mol. The maximum atomic E-state index is 12.0. The molecule has 2 aromatic carbocycles. The van der Waals surface area contributed by atoms with E-state index in [1.54, 1.807) is 25.3 Å². The van der Waals surface area contributed by atoms with E-state index in [1.165, 1.54) is 7.11 Å². The molecule has 2 aromatic rings. The van der Waals surface area contributed by atoms with Gasteiger partial charge in [0, 0.05) is 12.6 Å². The number of rotatable bonds is 7. The van der Waals surface area contributed by atoms with Crippen LogP contribution in [0.15, 0.2) is 48.5 Å². The largest absolute Gasteiger partial charge is 0.497 e. The second-order valence-electron chi connectivity index (χ2n) is 5.05. The molecule has 0 aromatic heterocycles. The summed E-state index contributed by atoms with van der Waals surface area (Å²) < 4.78 is 10.3. The van der Waals surface area contributed by atoms with Crippen LogP contribution in [0.3, 0.4) is 0 Å². The normalized spacial score (nSPS) is 9.92. The van der Waals surface area contributed by atoms with Crippen molar-refractivity contribution < 1.29 is 19.1 Å². The van der Waals surface area contributed by atoms with E-state index in [-0.39, 0.29) is 12.3 Å². The molecule has 0 aliphatic heterocycles. The molecule has 24 heavy (non-hydrogen) atoms. The molecule has 0 saturated heterocycles. The van der Waals surface area contributed by atoms with Crippen LogP contribution in [-0.4, -0.2) is 26.0 Å². The second-order valence-corrected chi connectivity index (χ2v) is 5.05. The average Bonchev–Trinajstić information content (AvgIpc) is 2.61. The number of carbonyl (C=O) groups excluding carboxylic acids is 2. The molecule has 6 heteroatoms. The number of hydrogen-bond donors (Lipinski definition) is 2. The van der Waals surface area contributed by atoms with E-state index in [4.69, 9.17) is 9.47 Å². The highest BCUT2D eigenvalue weighted by Gasteiger charge is 2.12. The Morgan fingerprint density at radius 1 is 0.958 bits per heavy atom. The van der Waals surface area contributed by atoms with Crippen molar-refractivity contribution in [3.8, 4) is 11.5 Å². The van der Waals surface area contributed by atoms with Crippen molar-refractivity contribution in [2.75, 3.05) is 19.5 Å². The molecular formula is C18H20N2O4. The van der Waals surface area contributed by atoms with Gasteiger partial charge in [0.15, 0.2) is 0 Å². The van der Waals surface area contributed by atoms with E-state index in [0.29, 0.717) is 23.7 Å². The molecule has 0 heterocycles. The smallest absolute Gasteiger partial charge is 0.233 e. The maximum absolute atomic E-state index is 12.0. The molecule has 2 N–H and O–H groups in total. The van der Waals surface area contributed by atoms with Crippen LogP contribution in [0.1, 0.15) is 12.0 Å². The summed E-state index contributed by atoms with van der Waals surface area (Å²) in [4.78, 5) is 23.8. The van der Waals surface area contributed by atoms with Gasteiger partial charge in [0.1, 0.15) is 17.9 Å². The Kier molecular flexibility index (Phi) is 6.19. The molecule has 0 bridgehead atoms. The van der Waals surface area contributed by atoms with Crippen LogP contribution < -0.4 is 20.1 Å². The van der Waals surface area contributed by atoms with Gasteiger partial charge in [0.05, 0.1) is 19.9 Å². The maximum Gasteiger partial charge on any atom is 0.233 e. The number of ether oxygens (including phenoxy) is 2. The summed E-state index contributed by atoms with van der Waals surface area (Å²) in [6.45, 7) is 0.388. The van der Waals surface area contributed by atoms with E-state index < -0.39 is 5.91 Å². The fourth-order valence-corrected chi connectivity index (χ4v) is 2.10. The molecule has 0 aliphatic rings. The summed E-state index contributed by atoms with van der Waals surface area (Å²) in [7, 11) is 3.04. The number of amides is 2. The lowest BCUT2D eigenvalue weighted by atomic mass is 10.2. The second kappa shape index (κ2) is 8.57. The third-order valence-corrected chi connectivity index (χ3v) is 3.34. The summed E-state index contributed by atoms with van der Waals surface area (Å²) in [6, 6.07) is 14.5. The molecule has 0 unspecified atom stereocenters. The Labute approximate surface area is 140 Å². The quantitative estimate of drug-likeness (QED) is 0.765. The van der Waals surface area contributed by atoms with Crippen LogP contribution in [0, 0.1) is 0 Å². The Balaban J connectivity index is 1.87. The van der Waals surface area contributed by atoms with Gasteiger partial charge in [0.2, 0.25) is 11.8 Å². The summed E-state index contributed by atoms with van der Waals surface area (Å²) in [6.07, 6.45) is -0.262. The first-order valence-electron chi connectivity index (χ1n) is 7.45. The Bertz CT molecular complexity index is 701. The molecule has 126 valence electrons. The molecule has 0 saturated carbocycles. The lowest BCUT2D eigenvalue weighted by Crippen LogP contribution is -2.27. The minimum Gasteiger partial charge on any atom is -0.497 e. The Hall–Kier alpha value is -3.02. The number of benzene rings is 2. The zero-order chi connectivity index (χ0) is 17.4. The first-order chi connectivity index (χ1) is 11.6. The molecule has 2 amide bonds. The first kappa shape index (κ1) is 17.3. The average molecular weight is 328 g/mol. The van der Waals surface area contributed by atoms with Gasteiger partial charge < -0.3 is 20.1 Å². The van der Waals surface area contributed by atoms with Gasteiger partial charge in [-0.15, -0.1) is 0 Å². The van der Waals surface area contributed by atoms with Crippen molar-refractivity contribution in [2.24, 2.45) is 0 Å². The number of methoxy groups -OCH3 is 2. The van der Waals surface area contributed by atoms with Crippen molar-refractivity contribution in [1.82, 2.24) is 5.32 Å². The number of anilines is 1. The molecule has 0 fully saturated rings. The van der Waals surface area contributed by atoms with Gasteiger partial charge in [-0.3, -0.25) is 9.59 Å². The summed E-state index contributed by atoms with van der Waals surface area (Å²) in [5, 5.41) is 5.37. The lowest BCUT2D eigenvalue weighted by Gasteiger charge is -2.11. The molecule has 0 aliphatic carbocycles. The molecule has 0 atom stereocenters. The van der Waals surface area contributed by atoms with Crippen molar-refractivity contribution >= 4 is 17.5 Å². The van der Waals surface area contributed by atoms with Crippen LogP contribution in [-0.2, 0) is 16.1 Å². The fraction of sp³-hybridized carbons (Fsp3) is 0.222. The van der Waals surface area contributed by atoms with Crippen molar-refractivity contribution in [3.05, 3.63) is 54.1 Å². The molecule has 0 spiro atoms. The molecule has 0 radical (unpaired) electrons. The van der Waals surface area contributed by atoms with Crippen LogP contribution in [0.5, 0.6) is 11.5 Å². The van der Waals surface area contributed by atoms with E-state index in [1.807, 2.05) is 30.3 Å². The van der Waals surface area contributed by atoms with Gasteiger partial charge in [-0.2, -0.15) is 0 Å². The zero-order valence-corrected chi connectivity index (χ0v) is 13.7. The van der Waals surface area contributed by atoms with E-state index in [2.05, 4.69) is 10.6 Å². The van der Waals surface area contributed by atoms with Gasteiger partial charge in [-0.1, -0.05) is 30.3 Å². The molecular weight excluding hydrogens is 308 g/mol. The van der Waals surface area contributed by atoms with E-state index in [0.717, 1.165) is 5.56 Å². The van der Waals surface area contributed by atoms with Crippen LogP contribution in [0.4, 0.5) is 5.69 Å². The Morgan fingerprint density at radius 2 is 1.71 bits per heavy atom. The summed E-state index contributed by atoms with van der Waals surface area (Å²) in [5.41, 5.74) is 1.46. The monoisotopic (exact) mass is 328 g/mol. The summed E-state index contributed by atoms with van der Waals surface area (Å²) in [5.74, 6) is 0.325. The lowest BCUT2D eigenvalue weighted by molar-refractivity contribution is -0.126. The van der Waals surface area contributed by atoms with E-state index in [9.17, 15) is 9.59 Å². The molecule has 2 rings (SSSR count). The highest BCUT2D eigenvalue weighted by molar-refractivity contribution is 6.04. The highest BCUT2D eigenvalue weighted by Crippen LogP contribution is 2.29. The van der Waals surface area contributed by atoms with Crippen molar-refractivity contribution in [3.63, 3.8) is 0 Å². The fourth-order valence-electron chi connectivity index (χ4n) is 2.10. The highest BCUT2D eigenvalue weighted by atomic mass is 16.5. The SMILES string of the molecule is COc1ccc(NC(=O)CC(=O)NCc2ccccc2)c(OC)c1. The van der Waals surface area contributed by atoms with Crippen LogP contribution in [0.2, 0.25) is 0 Å². The summed E-state index contributed by atoms with van der Waals surface area (Å²) >= 11 is 0. The minimum atomic E-state index is -0.413. The van der Waals surface area contributed by atoms with Gasteiger partial charge >= 0.3 is 0 Å². The predicted octanol–water partition coefficient (Wildman–Crippen LogP) is 2.35. The third-order valence-electron chi connectivity index (χ3n) is 3.34. The zero-order valence-electron chi connectivity index (χ0n) is 13.7. The van der Waals surface area contributed by atoms with Gasteiger partial charge in [-0.05, 0) is 17.7 Å². The van der Waals surface area contributed by atoms with Crippen molar-refractivity contribution in [2.45, 2.75) is 13.0 Å². The van der Waals surface area contributed by atoms with Crippen LogP contribution >= 0.6 is 0 Å². The van der Waals surface area contributed by atoms with Crippen molar-refractivity contribution in [1.29, 1.82) is 0 Å². The Morgan fingerprint density at radius 3 is 2.38 bits per heavy atom. The standard InChI is InChI=1S/C18H20N2O4/c1-23-14-8-9-15(16(10-14)24-2)20-18(22)11-17(21)19-12-13-6-4-3-5-7-13/h3-10H,11-12H2,1-2H3,(H,19,21)(H,20,22). The minimum absolute atomic E-state index is 0.262. The third kappa shape index (κ3) is 5.01. The number of hydrogen-bond acceptors (Lipinski definition) is 4.